The summed E-state index contributed by atoms with van der Waals surface area (Å²) in [6, 6.07) is 6.95. The highest BCUT2D eigenvalue weighted by Crippen LogP contribution is 2.26. The van der Waals surface area contributed by atoms with Crippen LogP contribution < -0.4 is 4.90 Å². The predicted octanol–water partition coefficient (Wildman–Crippen LogP) is 3.75. The van der Waals surface area contributed by atoms with Gasteiger partial charge in [-0.25, -0.2) is 14.4 Å². The molecule has 6 heteroatoms. The molecule has 1 N–H and O–H groups in total. The van der Waals surface area contributed by atoms with Gasteiger partial charge < -0.3 is 10.0 Å². The van der Waals surface area contributed by atoms with Gasteiger partial charge in [0.2, 0.25) is 0 Å². The van der Waals surface area contributed by atoms with Crippen molar-refractivity contribution in [1.29, 1.82) is 0 Å². The smallest absolute Gasteiger partial charge is 0.136 e. The Balaban J connectivity index is 1.76. The van der Waals surface area contributed by atoms with Gasteiger partial charge in [-0.05, 0) is 31.4 Å². The predicted molar refractivity (Wildman–Crippen MR) is 120 cm³/mol. The van der Waals surface area contributed by atoms with Crippen molar-refractivity contribution < 1.29 is 9.50 Å². The second-order valence-electron chi connectivity index (χ2n) is 8.23. The van der Waals surface area contributed by atoms with Gasteiger partial charge >= 0.3 is 0 Å². The number of aliphatic hydroxyl groups excluding tert-OH is 1. The molecule has 1 fully saturated rings. The highest BCUT2D eigenvalue weighted by Gasteiger charge is 2.24. The lowest BCUT2D eigenvalue weighted by Crippen LogP contribution is -2.49. The van der Waals surface area contributed by atoms with Crippen LogP contribution in [0.15, 0.2) is 24.3 Å². The number of aliphatic hydroxyl groups is 1. The van der Waals surface area contributed by atoms with E-state index in [0.717, 1.165) is 81.3 Å². The number of hydrogen-bond donors (Lipinski definition) is 1. The van der Waals surface area contributed by atoms with E-state index in [1.54, 1.807) is 6.07 Å². The quantitative estimate of drug-likeness (QED) is 0.677. The molecule has 1 saturated heterocycles. The zero-order valence-corrected chi connectivity index (χ0v) is 18.6. The van der Waals surface area contributed by atoms with E-state index in [-0.39, 0.29) is 11.9 Å². The zero-order chi connectivity index (χ0) is 21.5. The number of piperazine rings is 1. The lowest BCUT2D eigenvalue weighted by atomic mass is 10.0. The molecule has 0 radical (unpaired) electrons. The highest BCUT2D eigenvalue weighted by atomic mass is 19.1. The number of benzene rings is 1. The van der Waals surface area contributed by atoms with E-state index in [2.05, 4.69) is 28.6 Å². The number of hydrogen-bond acceptors (Lipinski definition) is 5. The molecule has 1 aromatic carbocycles. The number of unbranched alkanes of at least 4 members (excludes halogenated alkanes) is 1. The average molecular weight is 415 g/mol. The fourth-order valence-electron chi connectivity index (χ4n) is 4.18. The van der Waals surface area contributed by atoms with Crippen LogP contribution in [-0.2, 0) is 12.8 Å². The van der Waals surface area contributed by atoms with E-state index in [9.17, 15) is 9.50 Å². The fraction of sp³-hybridized carbons (Fsp3) is 0.583. The van der Waals surface area contributed by atoms with Crippen molar-refractivity contribution in [3.63, 3.8) is 0 Å². The molecule has 1 aromatic heterocycles. The van der Waals surface area contributed by atoms with Crippen LogP contribution in [0.5, 0.6) is 0 Å². The molecular formula is C24H35FN4O. The summed E-state index contributed by atoms with van der Waals surface area (Å²) in [6.45, 7) is 10.4. The minimum atomic E-state index is -0.249. The molecule has 0 saturated carbocycles. The van der Waals surface area contributed by atoms with E-state index >= 15 is 0 Å². The lowest BCUT2D eigenvalue weighted by molar-refractivity contribution is 0.100. The van der Waals surface area contributed by atoms with Crippen LogP contribution in [0.2, 0.25) is 0 Å². The molecule has 30 heavy (non-hydrogen) atoms. The normalized spacial score (nSPS) is 16.1. The molecule has 1 atom stereocenters. The molecule has 0 unspecified atom stereocenters. The molecule has 0 aliphatic carbocycles. The summed E-state index contributed by atoms with van der Waals surface area (Å²) in [7, 11) is 0. The second kappa shape index (κ2) is 10.8. The van der Waals surface area contributed by atoms with Crippen LogP contribution in [0.1, 0.15) is 55.8 Å². The molecule has 3 rings (SSSR count). The molecule has 2 heterocycles. The number of nitrogens with zero attached hydrogens (tertiary/aromatic N) is 4. The topological polar surface area (TPSA) is 52.5 Å². The first-order valence-electron chi connectivity index (χ1n) is 11.3. The van der Waals surface area contributed by atoms with Gasteiger partial charge in [0.15, 0.2) is 0 Å². The minimum Gasteiger partial charge on any atom is -0.392 e. The summed E-state index contributed by atoms with van der Waals surface area (Å²) in [5.41, 5.74) is 2.71. The van der Waals surface area contributed by atoms with Gasteiger partial charge in [0, 0.05) is 50.4 Å². The van der Waals surface area contributed by atoms with Crippen LogP contribution in [0.4, 0.5) is 10.2 Å². The van der Waals surface area contributed by atoms with Crippen molar-refractivity contribution >= 4 is 5.82 Å². The Labute approximate surface area is 180 Å². The Morgan fingerprint density at radius 2 is 1.83 bits per heavy atom. The Morgan fingerprint density at radius 1 is 1.10 bits per heavy atom. The van der Waals surface area contributed by atoms with Gasteiger partial charge in [0.1, 0.15) is 17.5 Å². The summed E-state index contributed by atoms with van der Waals surface area (Å²) in [5.74, 6) is 1.52. The summed E-state index contributed by atoms with van der Waals surface area (Å²) in [5, 5.41) is 10.2. The van der Waals surface area contributed by atoms with Gasteiger partial charge in [-0.3, -0.25) is 4.90 Å². The lowest BCUT2D eigenvalue weighted by Gasteiger charge is -2.37. The maximum atomic E-state index is 14.3. The van der Waals surface area contributed by atoms with Crippen molar-refractivity contribution in [1.82, 2.24) is 14.9 Å². The molecule has 0 bridgehead atoms. The van der Waals surface area contributed by atoms with Crippen LogP contribution in [0.25, 0.3) is 0 Å². The molecule has 164 valence electrons. The summed E-state index contributed by atoms with van der Waals surface area (Å²) >= 11 is 0. The number of aromatic nitrogens is 2. The van der Waals surface area contributed by atoms with Crippen LogP contribution >= 0.6 is 0 Å². The summed E-state index contributed by atoms with van der Waals surface area (Å²) in [6.07, 6.45) is 4.10. The zero-order valence-electron chi connectivity index (χ0n) is 18.6. The van der Waals surface area contributed by atoms with Gasteiger partial charge in [0.05, 0.1) is 6.10 Å². The SMILES string of the molecule is CCCC[C@H](O)CN1CCN(c2nc(C)nc(CC)c2Cc2ccccc2F)CC1. The molecule has 1 aliphatic rings. The first-order valence-corrected chi connectivity index (χ1v) is 11.3. The van der Waals surface area contributed by atoms with Gasteiger partial charge in [-0.15, -0.1) is 0 Å². The third kappa shape index (κ3) is 5.76. The van der Waals surface area contributed by atoms with Crippen LogP contribution in [-0.4, -0.2) is 58.8 Å². The van der Waals surface area contributed by atoms with Gasteiger partial charge in [-0.2, -0.15) is 0 Å². The Kier molecular flexibility index (Phi) is 8.16. The average Bonchev–Trinajstić information content (AvgIpc) is 2.75. The molecule has 1 aliphatic heterocycles. The maximum absolute atomic E-state index is 14.3. The van der Waals surface area contributed by atoms with E-state index in [4.69, 9.17) is 4.98 Å². The first kappa shape index (κ1) is 22.6. The number of anilines is 1. The molecule has 0 spiro atoms. The van der Waals surface area contributed by atoms with E-state index in [1.165, 1.54) is 6.07 Å². The molecule has 0 amide bonds. The van der Waals surface area contributed by atoms with Crippen molar-refractivity contribution in [2.75, 3.05) is 37.6 Å². The van der Waals surface area contributed by atoms with Crippen molar-refractivity contribution in [3.8, 4) is 0 Å². The van der Waals surface area contributed by atoms with E-state index < -0.39 is 0 Å². The third-order valence-electron chi connectivity index (χ3n) is 5.87. The van der Waals surface area contributed by atoms with Gasteiger partial charge in [0.25, 0.3) is 0 Å². The summed E-state index contributed by atoms with van der Waals surface area (Å²) < 4.78 is 14.3. The first-order chi connectivity index (χ1) is 14.5. The Morgan fingerprint density at radius 3 is 2.50 bits per heavy atom. The third-order valence-corrected chi connectivity index (χ3v) is 5.87. The fourth-order valence-corrected chi connectivity index (χ4v) is 4.18. The number of rotatable bonds is 9. The van der Waals surface area contributed by atoms with E-state index in [0.29, 0.717) is 12.0 Å². The van der Waals surface area contributed by atoms with Crippen LogP contribution in [0.3, 0.4) is 0 Å². The molecule has 2 aromatic rings. The molecule has 5 nitrogen and oxygen atoms in total. The number of β-amino-alcohol motifs (C(OH)–C–C–N with tert-alkyl or cyclic N) is 1. The standard InChI is InChI=1S/C24H35FN4O/c1-4-6-10-20(30)17-28-12-14-29(15-13-28)24-21(23(5-2)26-18(3)27-24)16-19-9-7-8-11-22(19)25/h7-9,11,20,30H,4-6,10,12-17H2,1-3H3/t20-/m0/s1. The van der Waals surface area contributed by atoms with Crippen molar-refractivity contribution in [2.24, 2.45) is 0 Å². The second-order valence-corrected chi connectivity index (χ2v) is 8.23. The van der Waals surface area contributed by atoms with Gasteiger partial charge in [-0.1, -0.05) is 44.9 Å². The summed E-state index contributed by atoms with van der Waals surface area (Å²) in [4.78, 5) is 14.1. The molecular weight excluding hydrogens is 379 g/mol. The number of halogens is 1. The largest absolute Gasteiger partial charge is 0.392 e. The Bertz CT molecular complexity index is 821. The minimum absolute atomic E-state index is 0.183. The van der Waals surface area contributed by atoms with E-state index in [1.807, 2.05) is 19.1 Å². The monoisotopic (exact) mass is 414 g/mol. The van der Waals surface area contributed by atoms with Crippen molar-refractivity contribution in [2.45, 2.75) is 59.0 Å². The van der Waals surface area contributed by atoms with Crippen LogP contribution in [0, 0.1) is 12.7 Å². The highest BCUT2D eigenvalue weighted by molar-refractivity contribution is 5.52. The number of aryl methyl sites for hydroxylation is 2. The Hall–Kier alpha value is -2.05. The maximum Gasteiger partial charge on any atom is 0.136 e. The van der Waals surface area contributed by atoms with Crippen molar-refractivity contribution in [3.05, 3.63) is 52.7 Å².